The Bertz CT molecular complexity index is 723. The quantitative estimate of drug-likeness (QED) is 0.801. The second-order valence-electron chi connectivity index (χ2n) is 5.93. The number of para-hydroxylation sites is 1. The van der Waals surface area contributed by atoms with E-state index < -0.39 is 0 Å². The molecule has 2 aromatic rings. The molecule has 0 aliphatic carbocycles. The van der Waals surface area contributed by atoms with Crippen LogP contribution in [0.15, 0.2) is 36.4 Å². The molecular weight excluding hydrogens is 304 g/mol. The molecule has 0 saturated carbocycles. The number of ether oxygens (including phenoxy) is 2. The van der Waals surface area contributed by atoms with Gasteiger partial charge in [-0.15, -0.1) is 0 Å². The molecule has 0 bridgehead atoms. The first-order valence-electron chi connectivity index (χ1n) is 8.09. The van der Waals surface area contributed by atoms with Gasteiger partial charge in [-0.3, -0.25) is 4.79 Å². The van der Waals surface area contributed by atoms with Crippen LogP contribution in [0.5, 0.6) is 11.5 Å². The number of benzene rings is 2. The molecule has 0 radical (unpaired) electrons. The molecule has 0 spiro atoms. The number of aryl methyl sites for hydroxylation is 2. The van der Waals surface area contributed by atoms with Crippen LogP contribution in [0.1, 0.15) is 23.1 Å². The van der Waals surface area contributed by atoms with Crippen molar-refractivity contribution in [2.24, 2.45) is 0 Å². The first-order chi connectivity index (χ1) is 11.6. The number of carbonyl (C=O) groups is 1. The van der Waals surface area contributed by atoms with Crippen molar-refractivity contribution in [1.29, 1.82) is 0 Å². The van der Waals surface area contributed by atoms with Gasteiger partial charge in [0.25, 0.3) is 0 Å². The van der Waals surface area contributed by atoms with Crippen LogP contribution in [-0.4, -0.2) is 19.2 Å². The zero-order valence-electron chi connectivity index (χ0n) is 14.0. The standard InChI is InChI=1S/C19H22N2O3/c1-13-4-3-5-14(2)19(13)21-18(22)8-9-20-11-15-6-7-16-17(10-15)24-12-23-16/h3-7,10,20H,8-9,11-12H2,1-2H3,(H,21,22). The van der Waals surface area contributed by atoms with Crippen LogP contribution in [0.4, 0.5) is 5.69 Å². The fourth-order valence-corrected chi connectivity index (χ4v) is 2.70. The second kappa shape index (κ2) is 7.36. The lowest BCUT2D eigenvalue weighted by atomic mass is 10.1. The molecule has 24 heavy (non-hydrogen) atoms. The fourth-order valence-electron chi connectivity index (χ4n) is 2.70. The third kappa shape index (κ3) is 3.86. The zero-order valence-corrected chi connectivity index (χ0v) is 14.0. The van der Waals surface area contributed by atoms with Crippen molar-refractivity contribution in [3.8, 4) is 11.5 Å². The summed E-state index contributed by atoms with van der Waals surface area (Å²) in [5.41, 5.74) is 4.18. The third-order valence-corrected chi connectivity index (χ3v) is 4.04. The highest BCUT2D eigenvalue weighted by molar-refractivity contribution is 5.92. The van der Waals surface area contributed by atoms with Crippen molar-refractivity contribution in [3.05, 3.63) is 53.1 Å². The minimum atomic E-state index is 0.0191. The molecule has 0 aromatic heterocycles. The van der Waals surface area contributed by atoms with E-state index in [2.05, 4.69) is 10.6 Å². The molecule has 0 atom stereocenters. The van der Waals surface area contributed by atoms with E-state index in [-0.39, 0.29) is 12.7 Å². The van der Waals surface area contributed by atoms with Crippen LogP contribution in [0.2, 0.25) is 0 Å². The first-order valence-corrected chi connectivity index (χ1v) is 8.09. The average Bonchev–Trinajstić information content (AvgIpc) is 3.03. The summed E-state index contributed by atoms with van der Waals surface area (Å²) in [7, 11) is 0. The van der Waals surface area contributed by atoms with Gasteiger partial charge in [0.15, 0.2) is 11.5 Å². The molecule has 1 aliphatic rings. The summed E-state index contributed by atoms with van der Waals surface area (Å²) in [6.45, 7) is 5.59. The molecule has 0 saturated heterocycles. The lowest BCUT2D eigenvalue weighted by Crippen LogP contribution is -2.22. The molecule has 2 aromatic carbocycles. The summed E-state index contributed by atoms with van der Waals surface area (Å²) in [5.74, 6) is 1.58. The number of anilines is 1. The van der Waals surface area contributed by atoms with E-state index in [0.717, 1.165) is 33.9 Å². The summed E-state index contributed by atoms with van der Waals surface area (Å²) >= 11 is 0. The maximum Gasteiger partial charge on any atom is 0.231 e. The van der Waals surface area contributed by atoms with E-state index in [1.807, 2.05) is 50.2 Å². The number of hydrogen-bond acceptors (Lipinski definition) is 4. The topological polar surface area (TPSA) is 59.6 Å². The monoisotopic (exact) mass is 326 g/mol. The van der Waals surface area contributed by atoms with E-state index >= 15 is 0 Å². The smallest absolute Gasteiger partial charge is 0.231 e. The SMILES string of the molecule is Cc1cccc(C)c1NC(=O)CCNCc1ccc2c(c1)OCO2. The highest BCUT2D eigenvalue weighted by Gasteiger charge is 2.13. The van der Waals surface area contributed by atoms with Crippen molar-refractivity contribution in [3.63, 3.8) is 0 Å². The van der Waals surface area contributed by atoms with Gasteiger partial charge >= 0.3 is 0 Å². The molecule has 5 heteroatoms. The third-order valence-electron chi connectivity index (χ3n) is 4.04. The fraction of sp³-hybridized carbons (Fsp3) is 0.316. The van der Waals surface area contributed by atoms with Crippen LogP contribution >= 0.6 is 0 Å². The van der Waals surface area contributed by atoms with Gasteiger partial charge in [-0.25, -0.2) is 0 Å². The molecule has 0 fully saturated rings. The number of carbonyl (C=O) groups excluding carboxylic acids is 1. The van der Waals surface area contributed by atoms with Gasteiger partial charge in [0.2, 0.25) is 12.7 Å². The van der Waals surface area contributed by atoms with E-state index in [1.54, 1.807) is 0 Å². The molecule has 2 N–H and O–H groups in total. The Morgan fingerprint density at radius 2 is 1.83 bits per heavy atom. The van der Waals surface area contributed by atoms with Crippen LogP contribution < -0.4 is 20.1 Å². The summed E-state index contributed by atoms with van der Waals surface area (Å²) in [4.78, 5) is 12.1. The number of amides is 1. The molecule has 5 nitrogen and oxygen atoms in total. The van der Waals surface area contributed by atoms with E-state index in [4.69, 9.17) is 9.47 Å². The van der Waals surface area contributed by atoms with Crippen LogP contribution in [-0.2, 0) is 11.3 Å². The molecule has 1 heterocycles. The molecule has 0 unspecified atom stereocenters. The molecule has 126 valence electrons. The summed E-state index contributed by atoms with van der Waals surface area (Å²) in [6.07, 6.45) is 0.429. The minimum absolute atomic E-state index is 0.0191. The Morgan fingerprint density at radius 3 is 2.62 bits per heavy atom. The Kier molecular flexibility index (Phi) is 5.01. The van der Waals surface area contributed by atoms with Crippen LogP contribution in [0, 0.1) is 13.8 Å². The normalized spacial score (nSPS) is 12.2. The van der Waals surface area contributed by atoms with Gasteiger partial charge in [0.05, 0.1) is 0 Å². The van der Waals surface area contributed by atoms with E-state index in [0.29, 0.717) is 19.5 Å². The lowest BCUT2D eigenvalue weighted by molar-refractivity contribution is -0.116. The Morgan fingerprint density at radius 1 is 1.08 bits per heavy atom. The Labute approximate surface area is 142 Å². The second-order valence-corrected chi connectivity index (χ2v) is 5.93. The van der Waals surface area contributed by atoms with Gasteiger partial charge < -0.3 is 20.1 Å². The van der Waals surface area contributed by atoms with Gasteiger partial charge in [0.1, 0.15) is 0 Å². The molecule has 1 aliphatic heterocycles. The Hall–Kier alpha value is -2.53. The predicted octanol–water partition coefficient (Wildman–Crippen LogP) is 3.15. The number of rotatable bonds is 6. The maximum atomic E-state index is 12.1. The first kappa shape index (κ1) is 16.3. The largest absolute Gasteiger partial charge is 0.454 e. The van der Waals surface area contributed by atoms with Crippen molar-refractivity contribution in [1.82, 2.24) is 5.32 Å². The highest BCUT2D eigenvalue weighted by atomic mass is 16.7. The number of fused-ring (bicyclic) bond motifs is 1. The summed E-state index contributed by atoms with van der Waals surface area (Å²) in [6, 6.07) is 11.9. The number of hydrogen-bond donors (Lipinski definition) is 2. The molecule has 3 rings (SSSR count). The van der Waals surface area contributed by atoms with Crippen LogP contribution in [0.3, 0.4) is 0 Å². The van der Waals surface area contributed by atoms with E-state index in [9.17, 15) is 4.79 Å². The van der Waals surface area contributed by atoms with Crippen molar-refractivity contribution in [2.75, 3.05) is 18.7 Å². The average molecular weight is 326 g/mol. The van der Waals surface area contributed by atoms with Crippen molar-refractivity contribution < 1.29 is 14.3 Å². The van der Waals surface area contributed by atoms with Gasteiger partial charge in [-0.1, -0.05) is 24.3 Å². The zero-order chi connectivity index (χ0) is 16.9. The maximum absolute atomic E-state index is 12.1. The lowest BCUT2D eigenvalue weighted by Gasteiger charge is -2.11. The molecule has 1 amide bonds. The van der Waals surface area contributed by atoms with Gasteiger partial charge in [-0.05, 0) is 42.7 Å². The Balaban J connectivity index is 1.44. The van der Waals surface area contributed by atoms with E-state index in [1.165, 1.54) is 0 Å². The summed E-state index contributed by atoms with van der Waals surface area (Å²) < 4.78 is 10.6. The van der Waals surface area contributed by atoms with Crippen LogP contribution in [0.25, 0.3) is 0 Å². The predicted molar refractivity (Wildman–Crippen MR) is 93.4 cm³/mol. The van der Waals surface area contributed by atoms with Gasteiger partial charge in [0, 0.05) is 25.2 Å². The molecular formula is C19H22N2O3. The highest BCUT2D eigenvalue weighted by Crippen LogP contribution is 2.32. The summed E-state index contributed by atoms with van der Waals surface area (Å²) in [5, 5.41) is 6.28. The minimum Gasteiger partial charge on any atom is -0.454 e. The van der Waals surface area contributed by atoms with Gasteiger partial charge in [-0.2, -0.15) is 0 Å². The number of nitrogens with one attached hydrogen (secondary N) is 2. The van der Waals surface area contributed by atoms with Crippen molar-refractivity contribution in [2.45, 2.75) is 26.8 Å². The van der Waals surface area contributed by atoms with Crippen molar-refractivity contribution >= 4 is 11.6 Å².